The zero-order valence-electron chi connectivity index (χ0n) is 57.9. The Morgan fingerprint density at radius 2 is 0.734 bits per heavy atom. The maximum atomic E-state index is 13.4. The lowest BCUT2D eigenvalue weighted by atomic mass is 9.96. The third-order valence-electron chi connectivity index (χ3n) is 18.3. The number of amides is 1. The molecule has 3 aliphatic heterocycles. The van der Waals surface area contributed by atoms with Crippen molar-refractivity contribution >= 4 is 5.91 Å². The molecule has 3 heterocycles. The number of unbranched alkanes of at least 4 members (excludes halogenated alkanes) is 31. The SMILES string of the molecule is CC/C=C\C/C=C\C/C=C\C/C=C\C/C=C\CCCCCCCCCCCCCCCCCCCCCCCC(=O)NC(COC1OC(CO)C(OC2OC(CO)C(OC3OC(CO)C(O)C(O)C3O)C(O)C2O)C(O)C1O)C(O)/C=C/CCCCCCCCCCCC. The van der Waals surface area contributed by atoms with Crippen LogP contribution in [0.2, 0.25) is 0 Å². The van der Waals surface area contributed by atoms with Crippen LogP contribution < -0.4 is 5.32 Å². The van der Waals surface area contributed by atoms with Gasteiger partial charge in [-0.3, -0.25) is 4.79 Å². The van der Waals surface area contributed by atoms with E-state index in [4.69, 9.17) is 28.4 Å². The molecule has 19 nitrogen and oxygen atoms in total. The van der Waals surface area contributed by atoms with Gasteiger partial charge in [0.2, 0.25) is 5.91 Å². The second-order valence-electron chi connectivity index (χ2n) is 26.4. The van der Waals surface area contributed by atoms with Gasteiger partial charge in [-0.1, -0.05) is 267 Å². The minimum absolute atomic E-state index is 0.244. The fourth-order valence-electron chi connectivity index (χ4n) is 12.3. The van der Waals surface area contributed by atoms with Crippen LogP contribution in [0.25, 0.3) is 0 Å². The fraction of sp³-hybridized carbons (Fsp3) is 0.827. The van der Waals surface area contributed by atoms with Crippen molar-refractivity contribution in [2.45, 2.75) is 369 Å². The van der Waals surface area contributed by atoms with Crippen molar-refractivity contribution in [2.24, 2.45) is 0 Å². The first kappa shape index (κ1) is 85.5. The van der Waals surface area contributed by atoms with Crippen LogP contribution in [0.4, 0.5) is 0 Å². The van der Waals surface area contributed by atoms with Crippen LogP contribution >= 0.6 is 0 Å². The molecule has 19 heteroatoms. The maximum Gasteiger partial charge on any atom is 0.220 e. The van der Waals surface area contributed by atoms with Crippen LogP contribution in [-0.4, -0.2) is 193 Å². The van der Waals surface area contributed by atoms with Crippen molar-refractivity contribution in [2.75, 3.05) is 26.4 Å². The first-order valence-electron chi connectivity index (χ1n) is 37.2. The molecule has 3 saturated heterocycles. The van der Waals surface area contributed by atoms with E-state index in [1.807, 2.05) is 6.08 Å². The Morgan fingerprint density at radius 1 is 0.394 bits per heavy atom. The summed E-state index contributed by atoms with van der Waals surface area (Å²) >= 11 is 0. The molecule has 546 valence electrons. The van der Waals surface area contributed by atoms with Crippen molar-refractivity contribution < 1.29 is 89.4 Å². The topological polar surface area (TPSA) is 307 Å². The highest BCUT2D eigenvalue weighted by Crippen LogP contribution is 2.33. The third-order valence-corrected chi connectivity index (χ3v) is 18.3. The van der Waals surface area contributed by atoms with Crippen LogP contribution in [0.1, 0.15) is 264 Å². The number of carbonyl (C=O) groups is 1. The standard InChI is InChI=1S/C75H133NO18/c1-3-5-7-9-11-13-15-17-18-19-20-21-22-23-24-25-26-27-28-29-30-31-32-33-34-35-36-37-38-39-40-41-43-45-47-49-51-53-63(81)76-58(59(80)52-50-48-46-44-42-16-14-12-10-8-6-4-2)57-89-73-69(87)66(84)71(61(55-78)91-73)94-75-70(88)67(85)72(62(56-79)92-75)93-74-68(86)65(83)64(82)60(54-77)90-74/h5,7,11,13,17-18,20-21,23-24,50,52,58-62,64-75,77-80,82-88H,3-4,6,8-10,12,14-16,19,22,25-49,51,53-57H2,1-2H3,(H,76,81)/b7-5-,13-11-,18-17-,21-20-,24-23-,52-50+. The van der Waals surface area contributed by atoms with Crippen LogP contribution in [0, 0.1) is 0 Å². The van der Waals surface area contributed by atoms with Gasteiger partial charge in [0.1, 0.15) is 73.2 Å². The summed E-state index contributed by atoms with van der Waals surface area (Å²) in [6.07, 6.45) is 44.8. The number of aliphatic hydroxyl groups excluding tert-OH is 11. The van der Waals surface area contributed by atoms with Gasteiger partial charge in [0.25, 0.3) is 0 Å². The predicted molar refractivity (Wildman–Crippen MR) is 369 cm³/mol. The number of rotatable bonds is 57. The highest BCUT2D eigenvalue weighted by molar-refractivity contribution is 5.76. The van der Waals surface area contributed by atoms with E-state index in [1.54, 1.807) is 6.08 Å². The summed E-state index contributed by atoms with van der Waals surface area (Å²) in [6, 6.07) is -0.973. The van der Waals surface area contributed by atoms with Crippen molar-refractivity contribution in [1.82, 2.24) is 5.32 Å². The second-order valence-corrected chi connectivity index (χ2v) is 26.4. The average Bonchev–Trinajstić information content (AvgIpc) is 0.794. The molecule has 0 saturated carbocycles. The van der Waals surface area contributed by atoms with Crippen LogP contribution in [0.5, 0.6) is 0 Å². The Balaban J connectivity index is 1.30. The van der Waals surface area contributed by atoms with Gasteiger partial charge in [-0.05, 0) is 64.2 Å². The van der Waals surface area contributed by atoms with Crippen LogP contribution in [0.3, 0.4) is 0 Å². The summed E-state index contributed by atoms with van der Waals surface area (Å²) in [5.74, 6) is -0.275. The minimum atomic E-state index is -1.98. The zero-order chi connectivity index (χ0) is 68.2. The Hall–Kier alpha value is -2.77. The number of hydrogen-bond donors (Lipinski definition) is 12. The van der Waals surface area contributed by atoms with Crippen molar-refractivity contribution in [3.05, 3.63) is 72.9 Å². The summed E-state index contributed by atoms with van der Waals surface area (Å²) < 4.78 is 34.3. The van der Waals surface area contributed by atoms with E-state index >= 15 is 0 Å². The smallest absolute Gasteiger partial charge is 0.220 e. The van der Waals surface area contributed by atoms with E-state index < -0.39 is 124 Å². The number of carbonyl (C=O) groups excluding carboxylic acids is 1. The number of aliphatic hydroxyl groups is 11. The largest absolute Gasteiger partial charge is 0.394 e. The van der Waals surface area contributed by atoms with E-state index in [0.29, 0.717) is 6.42 Å². The molecular weight excluding hydrogens is 1200 g/mol. The maximum absolute atomic E-state index is 13.4. The van der Waals surface area contributed by atoms with Crippen LogP contribution in [-0.2, 0) is 33.2 Å². The molecule has 17 unspecified atom stereocenters. The van der Waals surface area contributed by atoms with Crippen molar-refractivity contribution in [1.29, 1.82) is 0 Å². The van der Waals surface area contributed by atoms with Gasteiger partial charge in [0, 0.05) is 6.42 Å². The molecule has 0 radical (unpaired) electrons. The predicted octanol–water partition coefficient (Wildman–Crippen LogP) is 10.9. The van der Waals surface area contributed by atoms with E-state index in [-0.39, 0.29) is 18.9 Å². The van der Waals surface area contributed by atoms with E-state index in [2.05, 4.69) is 79.9 Å². The quantitative estimate of drug-likeness (QED) is 0.0199. The van der Waals surface area contributed by atoms with E-state index in [1.165, 1.54) is 161 Å². The van der Waals surface area contributed by atoms with Gasteiger partial charge >= 0.3 is 0 Å². The van der Waals surface area contributed by atoms with E-state index in [0.717, 1.165) is 77.0 Å². The molecule has 0 aromatic heterocycles. The lowest BCUT2D eigenvalue weighted by molar-refractivity contribution is -0.379. The fourth-order valence-corrected chi connectivity index (χ4v) is 12.3. The zero-order valence-corrected chi connectivity index (χ0v) is 57.9. The number of nitrogens with one attached hydrogen (secondary N) is 1. The summed E-state index contributed by atoms with van der Waals surface area (Å²) in [5.41, 5.74) is 0. The highest BCUT2D eigenvalue weighted by atomic mass is 16.8. The van der Waals surface area contributed by atoms with Gasteiger partial charge in [0.05, 0.1) is 38.6 Å². The Labute approximate surface area is 566 Å². The molecule has 0 aromatic carbocycles. The lowest BCUT2D eigenvalue weighted by Crippen LogP contribution is -2.66. The molecule has 0 aliphatic carbocycles. The molecule has 0 aromatic rings. The molecule has 3 fully saturated rings. The molecular formula is C75H133NO18. The van der Waals surface area contributed by atoms with Crippen molar-refractivity contribution in [3.63, 3.8) is 0 Å². The number of ether oxygens (including phenoxy) is 6. The summed E-state index contributed by atoms with van der Waals surface area (Å²) in [5, 5.41) is 120. The molecule has 3 rings (SSSR count). The molecule has 1 amide bonds. The summed E-state index contributed by atoms with van der Waals surface area (Å²) in [4.78, 5) is 13.4. The lowest BCUT2D eigenvalue weighted by Gasteiger charge is -2.48. The Kier molecular flexibility index (Phi) is 50.9. The molecule has 94 heavy (non-hydrogen) atoms. The van der Waals surface area contributed by atoms with Crippen LogP contribution in [0.15, 0.2) is 72.9 Å². The van der Waals surface area contributed by atoms with Gasteiger partial charge in [0.15, 0.2) is 18.9 Å². The second kappa shape index (κ2) is 56.0. The summed E-state index contributed by atoms with van der Waals surface area (Å²) in [7, 11) is 0. The normalized spacial score (nSPS) is 27.8. The van der Waals surface area contributed by atoms with Gasteiger partial charge < -0.3 is 89.9 Å². The molecule has 12 N–H and O–H groups in total. The number of allylic oxidation sites excluding steroid dienone is 11. The van der Waals surface area contributed by atoms with E-state index in [9.17, 15) is 61.0 Å². The highest BCUT2D eigenvalue weighted by Gasteiger charge is 2.53. The molecule has 3 aliphatic rings. The monoisotopic (exact) mass is 1340 g/mol. The minimum Gasteiger partial charge on any atom is -0.394 e. The third kappa shape index (κ3) is 36.9. The Morgan fingerprint density at radius 3 is 1.15 bits per heavy atom. The first-order chi connectivity index (χ1) is 45.8. The molecule has 0 spiro atoms. The number of hydrogen-bond acceptors (Lipinski definition) is 18. The van der Waals surface area contributed by atoms with Gasteiger partial charge in [-0.15, -0.1) is 0 Å². The average molecular weight is 1340 g/mol. The van der Waals surface area contributed by atoms with Gasteiger partial charge in [-0.2, -0.15) is 0 Å². The Bertz CT molecular complexity index is 1980. The van der Waals surface area contributed by atoms with Gasteiger partial charge in [-0.25, -0.2) is 0 Å². The molecule has 17 atom stereocenters. The van der Waals surface area contributed by atoms with Crippen molar-refractivity contribution in [3.8, 4) is 0 Å². The first-order valence-corrected chi connectivity index (χ1v) is 37.2. The molecule has 0 bridgehead atoms. The summed E-state index contributed by atoms with van der Waals surface area (Å²) in [6.45, 7) is 1.61.